The summed E-state index contributed by atoms with van der Waals surface area (Å²) in [6.07, 6.45) is 2.55. The summed E-state index contributed by atoms with van der Waals surface area (Å²) in [5, 5.41) is 14.3. The van der Waals surface area contributed by atoms with Crippen LogP contribution in [-0.2, 0) is 21.7 Å². The van der Waals surface area contributed by atoms with Crippen molar-refractivity contribution < 1.29 is 24.3 Å². The highest BCUT2D eigenvalue weighted by Gasteiger charge is 2.45. The summed E-state index contributed by atoms with van der Waals surface area (Å²) in [6.45, 7) is 3.47. The number of nitrogens with zero attached hydrogens (tertiary/aromatic N) is 5. The van der Waals surface area contributed by atoms with Gasteiger partial charge in [0, 0.05) is 32.3 Å². The summed E-state index contributed by atoms with van der Waals surface area (Å²) in [4.78, 5) is 75.8. The first-order chi connectivity index (χ1) is 21.6. The van der Waals surface area contributed by atoms with Crippen molar-refractivity contribution >= 4 is 34.5 Å². The van der Waals surface area contributed by atoms with Crippen LogP contribution in [0.5, 0.6) is 0 Å². The van der Waals surface area contributed by atoms with Gasteiger partial charge in [-0.05, 0) is 73.7 Å². The molecule has 2 aromatic carbocycles. The highest BCUT2D eigenvalue weighted by atomic mass is 16.3. The Morgan fingerprint density at radius 3 is 2.47 bits per heavy atom. The molecule has 0 bridgehead atoms. The number of piperidine rings is 2. The number of aliphatic hydroxyl groups is 1. The molecule has 7 rings (SSSR count). The molecule has 3 aliphatic rings. The van der Waals surface area contributed by atoms with Crippen LogP contribution in [-0.4, -0.2) is 72.2 Å². The molecule has 2 aromatic heterocycles. The summed E-state index contributed by atoms with van der Waals surface area (Å²) in [5.41, 5.74) is 1.02. The molecule has 12 nitrogen and oxygen atoms in total. The Bertz CT molecular complexity index is 1960. The molecule has 0 aliphatic carbocycles. The number of nitrogens with one attached hydrogen (secondary N) is 1. The molecule has 5 heterocycles. The number of benzene rings is 2. The summed E-state index contributed by atoms with van der Waals surface area (Å²) in [7, 11) is 0. The van der Waals surface area contributed by atoms with Gasteiger partial charge in [0.25, 0.3) is 17.4 Å². The molecule has 4 amide bonds. The van der Waals surface area contributed by atoms with E-state index in [1.165, 1.54) is 10.6 Å². The van der Waals surface area contributed by atoms with Crippen molar-refractivity contribution in [1.29, 1.82) is 0 Å². The van der Waals surface area contributed by atoms with Crippen LogP contribution >= 0.6 is 0 Å². The van der Waals surface area contributed by atoms with E-state index < -0.39 is 35.3 Å². The van der Waals surface area contributed by atoms with Gasteiger partial charge in [0.15, 0.2) is 0 Å². The van der Waals surface area contributed by atoms with Crippen LogP contribution in [0.15, 0.2) is 65.6 Å². The molecule has 228 valence electrons. The number of fused-ring (bicyclic) bond motifs is 2. The van der Waals surface area contributed by atoms with E-state index in [-0.39, 0.29) is 29.5 Å². The largest absolute Gasteiger partial charge is 0.385 e. The predicted octanol–water partition coefficient (Wildman–Crippen LogP) is 1.97. The Balaban J connectivity index is 1.07. The number of aromatic nitrogens is 3. The van der Waals surface area contributed by atoms with Gasteiger partial charge in [0.1, 0.15) is 17.7 Å². The van der Waals surface area contributed by atoms with Gasteiger partial charge in [0.05, 0.1) is 27.6 Å². The second kappa shape index (κ2) is 10.8. The van der Waals surface area contributed by atoms with E-state index in [9.17, 15) is 29.1 Å². The smallest absolute Gasteiger partial charge is 0.267 e. The lowest BCUT2D eigenvalue weighted by Gasteiger charge is -2.38. The molecule has 1 unspecified atom stereocenters. The van der Waals surface area contributed by atoms with E-state index in [1.807, 2.05) is 24.3 Å². The Morgan fingerprint density at radius 2 is 1.73 bits per heavy atom. The van der Waals surface area contributed by atoms with Crippen molar-refractivity contribution in [2.75, 3.05) is 13.1 Å². The SMILES string of the molecule is Cc1nc2ccc(CN3CCC(O)(c4ccc5c(c4)C(=O)N(C4CCC(=O)NC4=O)C5=O)CC3)cc2c(=O)n1-c1ccccn1. The van der Waals surface area contributed by atoms with Gasteiger partial charge in [0.2, 0.25) is 11.8 Å². The second-order valence-corrected chi connectivity index (χ2v) is 11.9. The fourth-order valence-electron chi connectivity index (χ4n) is 6.59. The number of pyridine rings is 1. The molecule has 0 radical (unpaired) electrons. The van der Waals surface area contributed by atoms with Gasteiger partial charge in [-0.15, -0.1) is 0 Å². The molecular weight excluding hydrogens is 576 g/mol. The minimum atomic E-state index is -1.21. The predicted molar refractivity (Wildman–Crippen MR) is 161 cm³/mol. The van der Waals surface area contributed by atoms with Gasteiger partial charge in [-0.2, -0.15) is 0 Å². The zero-order chi connectivity index (χ0) is 31.5. The number of imide groups is 2. The van der Waals surface area contributed by atoms with Crippen LogP contribution in [0.25, 0.3) is 16.7 Å². The van der Waals surface area contributed by atoms with Crippen molar-refractivity contribution in [1.82, 2.24) is 29.7 Å². The molecule has 0 saturated carbocycles. The normalized spacial score (nSPS) is 20.0. The third-order valence-corrected chi connectivity index (χ3v) is 9.05. The van der Waals surface area contributed by atoms with Gasteiger partial charge < -0.3 is 5.11 Å². The first kappa shape index (κ1) is 28.7. The molecule has 45 heavy (non-hydrogen) atoms. The third kappa shape index (κ3) is 4.92. The van der Waals surface area contributed by atoms with Crippen molar-refractivity contribution in [3.63, 3.8) is 0 Å². The van der Waals surface area contributed by atoms with Crippen LogP contribution in [0.1, 0.15) is 63.4 Å². The minimum Gasteiger partial charge on any atom is -0.385 e. The van der Waals surface area contributed by atoms with E-state index in [2.05, 4.69) is 20.2 Å². The van der Waals surface area contributed by atoms with Crippen LogP contribution in [0, 0.1) is 6.92 Å². The summed E-state index contributed by atoms with van der Waals surface area (Å²) < 4.78 is 1.51. The maximum atomic E-state index is 13.5. The van der Waals surface area contributed by atoms with E-state index in [4.69, 9.17) is 0 Å². The summed E-state index contributed by atoms with van der Waals surface area (Å²) in [5.74, 6) is -1.21. The molecule has 1 atom stereocenters. The van der Waals surface area contributed by atoms with Crippen LogP contribution in [0.3, 0.4) is 0 Å². The number of likely N-dealkylation sites (tertiary alicyclic amines) is 1. The topological polar surface area (TPSA) is 155 Å². The molecular formula is C33H30N6O6. The molecule has 0 spiro atoms. The molecule has 2 fully saturated rings. The van der Waals surface area contributed by atoms with Crippen molar-refractivity contribution in [3.8, 4) is 5.82 Å². The molecule has 3 aliphatic heterocycles. The number of aryl methyl sites for hydroxylation is 1. The third-order valence-electron chi connectivity index (χ3n) is 9.05. The first-order valence-corrected chi connectivity index (χ1v) is 14.9. The van der Waals surface area contributed by atoms with Crippen molar-refractivity contribution in [2.45, 2.75) is 50.8 Å². The van der Waals surface area contributed by atoms with E-state index in [0.29, 0.717) is 60.6 Å². The number of carbonyl (C=O) groups excluding carboxylic acids is 4. The van der Waals surface area contributed by atoms with Crippen LogP contribution in [0.4, 0.5) is 0 Å². The average molecular weight is 607 g/mol. The molecule has 12 heteroatoms. The number of amides is 4. The van der Waals surface area contributed by atoms with Crippen molar-refractivity contribution in [2.24, 2.45) is 0 Å². The minimum absolute atomic E-state index is 0.0459. The van der Waals surface area contributed by atoms with E-state index >= 15 is 0 Å². The Morgan fingerprint density at radius 1 is 0.956 bits per heavy atom. The van der Waals surface area contributed by atoms with Crippen molar-refractivity contribution in [3.05, 3.63) is 99.2 Å². The maximum absolute atomic E-state index is 13.5. The molecule has 2 N–H and O–H groups in total. The fraction of sp³-hybridized carbons (Fsp3) is 0.303. The van der Waals surface area contributed by atoms with E-state index in [0.717, 1.165) is 10.5 Å². The number of hydrogen-bond donors (Lipinski definition) is 2. The zero-order valence-electron chi connectivity index (χ0n) is 24.5. The Kier molecular flexibility index (Phi) is 6.90. The number of carbonyl (C=O) groups is 4. The highest BCUT2D eigenvalue weighted by Crippen LogP contribution is 2.37. The van der Waals surface area contributed by atoms with Crippen LogP contribution < -0.4 is 10.9 Å². The quantitative estimate of drug-likeness (QED) is 0.325. The molecule has 4 aromatic rings. The second-order valence-electron chi connectivity index (χ2n) is 11.9. The average Bonchev–Trinajstić information content (AvgIpc) is 3.28. The van der Waals surface area contributed by atoms with Gasteiger partial charge in [-0.1, -0.05) is 18.2 Å². The lowest BCUT2D eigenvalue weighted by molar-refractivity contribution is -0.136. The standard InChI is InChI=1S/C33H30N6O6/c1-19-35-25-8-5-20(16-24(25)32(44)38(19)27-4-2-3-13-34-27)18-37-14-11-33(45,12-15-37)21-6-7-22-23(17-21)31(43)39(30(22)42)26-9-10-28(40)36-29(26)41/h2-8,13,16-17,26,45H,9-12,14-15,18H2,1H3,(H,36,40,41). The van der Waals surface area contributed by atoms with Gasteiger partial charge >= 0.3 is 0 Å². The van der Waals surface area contributed by atoms with Gasteiger partial charge in [-0.3, -0.25) is 39.1 Å². The lowest BCUT2D eigenvalue weighted by Crippen LogP contribution is -2.54. The van der Waals surface area contributed by atoms with Crippen LogP contribution in [0.2, 0.25) is 0 Å². The first-order valence-electron chi connectivity index (χ1n) is 14.9. The zero-order valence-corrected chi connectivity index (χ0v) is 24.5. The highest BCUT2D eigenvalue weighted by molar-refractivity contribution is 6.23. The Hall–Kier alpha value is -5.07. The number of rotatable bonds is 5. The molecule has 2 saturated heterocycles. The summed E-state index contributed by atoms with van der Waals surface area (Å²) in [6, 6.07) is 14.8. The van der Waals surface area contributed by atoms with E-state index in [1.54, 1.807) is 37.4 Å². The maximum Gasteiger partial charge on any atom is 0.267 e. The Labute approximate surface area is 257 Å². The fourth-order valence-corrected chi connectivity index (χ4v) is 6.59. The number of hydrogen-bond acceptors (Lipinski definition) is 9. The van der Waals surface area contributed by atoms with Gasteiger partial charge in [-0.25, -0.2) is 14.5 Å². The monoisotopic (exact) mass is 606 g/mol. The lowest BCUT2D eigenvalue weighted by atomic mass is 9.83. The summed E-state index contributed by atoms with van der Waals surface area (Å²) >= 11 is 0.